The number of nitrogens with zero attached hydrogens (tertiary/aromatic N) is 1. The van der Waals surface area contributed by atoms with Crippen LogP contribution in [-0.2, 0) is 9.59 Å². The van der Waals surface area contributed by atoms with Crippen molar-refractivity contribution >= 4 is 28.9 Å². The third-order valence-electron chi connectivity index (χ3n) is 2.79. The topological polar surface area (TPSA) is 75.4 Å². The van der Waals surface area contributed by atoms with E-state index in [0.29, 0.717) is 17.1 Å². The predicted molar refractivity (Wildman–Crippen MR) is 78.5 cm³/mol. The van der Waals surface area contributed by atoms with E-state index in [1.165, 1.54) is 11.9 Å². The number of anilines is 3. The molecule has 0 atom stereocenters. The van der Waals surface area contributed by atoms with E-state index in [2.05, 4.69) is 5.32 Å². The maximum Gasteiger partial charge on any atom is 0.320 e. The Morgan fingerprint density at radius 2 is 1.50 bits per heavy atom. The van der Waals surface area contributed by atoms with Crippen molar-refractivity contribution < 1.29 is 9.59 Å². The first-order valence-electron chi connectivity index (χ1n) is 6.10. The van der Waals surface area contributed by atoms with Gasteiger partial charge in [0.25, 0.3) is 0 Å². The second-order valence-corrected chi connectivity index (χ2v) is 4.15. The summed E-state index contributed by atoms with van der Waals surface area (Å²) in [4.78, 5) is 25.2. The number of hydrogen-bond acceptors (Lipinski definition) is 3. The number of likely N-dealkylation sites (N-methyl/N-ethyl adjacent to an activating group) is 1. The first-order valence-corrected chi connectivity index (χ1v) is 6.10. The highest BCUT2D eigenvalue weighted by Crippen LogP contribution is 2.26. The summed E-state index contributed by atoms with van der Waals surface area (Å²) >= 11 is 0. The summed E-state index contributed by atoms with van der Waals surface area (Å²) in [5, 5.41) is 2.34. The lowest BCUT2D eigenvalue weighted by Crippen LogP contribution is -2.39. The Hall–Kier alpha value is -2.82. The Bertz CT molecular complexity index is 609. The van der Waals surface area contributed by atoms with Gasteiger partial charge in [0.2, 0.25) is 0 Å². The number of nitrogen functional groups attached to an aromatic ring is 1. The minimum absolute atomic E-state index is 0.582. The van der Waals surface area contributed by atoms with Gasteiger partial charge in [0, 0.05) is 24.1 Å². The third kappa shape index (κ3) is 2.77. The van der Waals surface area contributed by atoms with Gasteiger partial charge in [-0.05, 0) is 36.4 Å². The largest absolute Gasteiger partial charge is 0.399 e. The van der Waals surface area contributed by atoms with Crippen molar-refractivity contribution in [2.75, 3.05) is 17.7 Å². The zero-order valence-corrected chi connectivity index (χ0v) is 11.0. The molecule has 0 fully saturated rings. The lowest BCUT2D eigenvalue weighted by atomic mass is 10.2. The van der Waals surface area contributed by atoms with Crippen molar-refractivity contribution in [3.63, 3.8) is 0 Å². The second-order valence-electron chi connectivity index (χ2n) is 4.15. The molecule has 0 aromatic heterocycles. The number of carbonyl (C=O) groups excluding carboxylic acids is 2. The van der Waals surface area contributed by atoms with Crippen LogP contribution >= 0.6 is 0 Å². The Balaban J connectivity index is 2.47. The molecule has 0 saturated carbocycles. The average Bonchev–Trinajstić information content (AvgIpc) is 2.49. The molecule has 0 heterocycles. The van der Waals surface area contributed by atoms with E-state index in [1.807, 2.05) is 6.07 Å². The molecule has 5 heteroatoms. The fourth-order valence-corrected chi connectivity index (χ4v) is 1.79. The van der Waals surface area contributed by atoms with Gasteiger partial charge in [0.1, 0.15) is 0 Å². The van der Waals surface area contributed by atoms with Crippen LogP contribution in [0.25, 0.3) is 0 Å². The van der Waals surface area contributed by atoms with Crippen LogP contribution in [0.4, 0.5) is 17.1 Å². The summed E-state index contributed by atoms with van der Waals surface area (Å²) in [5.74, 6) is -1.32. The lowest BCUT2D eigenvalue weighted by Gasteiger charge is -2.22. The molecule has 2 aromatic rings. The van der Waals surface area contributed by atoms with Crippen LogP contribution < -0.4 is 16.0 Å². The van der Waals surface area contributed by atoms with Gasteiger partial charge in [0.15, 0.2) is 0 Å². The Morgan fingerprint density at radius 3 is 2.05 bits per heavy atom. The van der Waals surface area contributed by atoms with E-state index in [9.17, 15) is 9.59 Å². The van der Waals surface area contributed by atoms with Crippen LogP contribution in [-0.4, -0.2) is 18.9 Å². The Morgan fingerprint density at radius 1 is 0.950 bits per heavy atom. The molecule has 0 radical (unpaired) electrons. The number of benzene rings is 2. The number of rotatable bonds is 2. The van der Waals surface area contributed by atoms with Gasteiger partial charge in [-0.15, -0.1) is 0 Å². The number of hydrogen-bond donors (Lipinski definition) is 2. The van der Waals surface area contributed by atoms with Gasteiger partial charge in [-0.2, -0.15) is 0 Å². The highest BCUT2D eigenvalue weighted by molar-refractivity contribution is 6.42. The summed E-state index contributed by atoms with van der Waals surface area (Å²) in [6, 6.07) is 15.7. The van der Waals surface area contributed by atoms with Gasteiger partial charge in [-0.25, -0.2) is 0 Å². The third-order valence-corrected chi connectivity index (χ3v) is 2.79. The molecular formula is C15H15N3O2. The van der Waals surface area contributed by atoms with Crippen LogP contribution in [0.5, 0.6) is 0 Å². The van der Waals surface area contributed by atoms with Gasteiger partial charge in [-0.1, -0.05) is 18.2 Å². The molecule has 0 aliphatic carbocycles. The summed E-state index contributed by atoms with van der Waals surface area (Å²) in [6.07, 6.45) is 0. The van der Waals surface area contributed by atoms with Gasteiger partial charge < -0.3 is 11.1 Å². The summed E-state index contributed by atoms with van der Waals surface area (Å²) in [6.45, 7) is 0. The summed E-state index contributed by atoms with van der Waals surface area (Å²) in [5.41, 5.74) is 7.44. The maximum atomic E-state index is 12.2. The minimum atomic E-state index is -0.675. The van der Waals surface area contributed by atoms with E-state index in [4.69, 9.17) is 5.73 Å². The van der Waals surface area contributed by atoms with E-state index in [1.54, 1.807) is 48.5 Å². The smallest absolute Gasteiger partial charge is 0.320 e. The highest BCUT2D eigenvalue weighted by atomic mass is 16.2. The van der Waals surface area contributed by atoms with E-state index < -0.39 is 11.8 Å². The molecule has 0 saturated heterocycles. The number of amides is 2. The Kier molecular flexibility index (Phi) is 4.00. The molecule has 0 aliphatic heterocycles. The highest BCUT2D eigenvalue weighted by Gasteiger charge is 2.23. The number of nitrogens with one attached hydrogen (secondary N) is 1. The molecule has 0 bridgehead atoms. The van der Waals surface area contributed by atoms with Crippen LogP contribution in [0.1, 0.15) is 0 Å². The number of carbonyl (C=O) groups is 2. The molecule has 5 nitrogen and oxygen atoms in total. The average molecular weight is 269 g/mol. The molecule has 0 spiro atoms. The lowest BCUT2D eigenvalue weighted by molar-refractivity contribution is -0.136. The van der Waals surface area contributed by atoms with Crippen molar-refractivity contribution in [1.29, 1.82) is 0 Å². The zero-order valence-electron chi connectivity index (χ0n) is 11.0. The second kappa shape index (κ2) is 5.88. The van der Waals surface area contributed by atoms with Crippen molar-refractivity contribution in [3.8, 4) is 0 Å². The molecule has 0 aliphatic rings. The molecule has 2 rings (SSSR count). The maximum absolute atomic E-state index is 12.2. The molecular weight excluding hydrogens is 254 g/mol. The van der Waals surface area contributed by atoms with Crippen LogP contribution in [0.15, 0.2) is 54.6 Å². The minimum Gasteiger partial charge on any atom is -0.399 e. The van der Waals surface area contributed by atoms with Crippen molar-refractivity contribution in [2.24, 2.45) is 0 Å². The SMILES string of the molecule is CNC(=O)C(=O)N(c1ccccc1)c1ccc(N)cc1. The van der Waals surface area contributed by atoms with Gasteiger partial charge in [0.05, 0.1) is 0 Å². The number of nitrogens with two attached hydrogens (primary N) is 1. The first-order chi connectivity index (χ1) is 9.63. The standard InChI is InChI=1S/C15H15N3O2/c1-17-14(19)15(20)18(12-5-3-2-4-6-12)13-9-7-11(16)8-10-13/h2-10H,16H2,1H3,(H,17,19). The fraction of sp³-hybridized carbons (Fsp3) is 0.0667. The summed E-state index contributed by atoms with van der Waals surface area (Å²) in [7, 11) is 1.42. The molecule has 2 amide bonds. The molecule has 20 heavy (non-hydrogen) atoms. The zero-order chi connectivity index (χ0) is 14.5. The van der Waals surface area contributed by atoms with Crippen LogP contribution in [0, 0.1) is 0 Å². The fourth-order valence-electron chi connectivity index (χ4n) is 1.79. The van der Waals surface area contributed by atoms with Gasteiger partial charge in [-0.3, -0.25) is 14.5 Å². The number of para-hydroxylation sites is 1. The van der Waals surface area contributed by atoms with E-state index >= 15 is 0 Å². The molecule has 2 aromatic carbocycles. The van der Waals surface area contributed by atoms with E-state index in [0.717, 1.165) is 0 Å². The van der Waals surface area contributed by atoms with Gasteiger partial charge >= 0.3 is 11.8 Å². The Labute approximate surface area is 117 Å². The first kappa shape index (κ1) is 13.6. The summed E-state index contributed by atoms with van der Waals surface area (Å²) < 4.78 is 0. The van der Waals surface area contributed by atoms with Crippen molar-refractivity contribution in [1.82, 2.24) is 5.32 Å². The van der Waals surface area contributed by atoms with Crippen LogP contribution in [0.3, 0.4) is 0 Å². The normalized spacial score (nSPS) is 9.85. The molecule has 102 valence electrons. The molecule has 3 N–H and O–H groups in total. The predicted octanol–water partition coefficient (Wildman–Crippen LogP) is 1.68. The monoisotopic (exact) mass is 269 g/mol. The van der Waals surface area contributed by atoms with Crippen LogP contribution in [0.2, 0.25) is 0 Å². The molecule has 0 unspecified atom stereocenters. The van der Waals surface area contributed by atoms with E-state index in [-0.39, 0.29) is 0 Å². The van der Waals surface area contributed by atoms with Crippen molar-refractivity contribution in [2.45, 2.75) is 0 Å². The quantitative estimate of drug-likeness (QED) is 0.643. The van der Waals surface area contributed by atoms with Crippen molar-refractivity contribution in [3.05, 3.63) is 54.6 Å².